The normalized spacial score (nSPS) is 25.5. The number of nitrogens with zero attached hydrogens (tertiary/aromatic N) is 1. The first-order valence-corrected chi connectivity index (χ1v) is 7.89. The fourth-order valence-corrected chi connectivity index (χ4v) is 3.63. The molecule has 0 radical (unpaired) electrons. The Labute approximate surface area is 114 Å². The lowest BCUT2D eigenvalue weighted by atomic mass is 9.82. The first kappa shape index (κ1) is 14.0. The summed E-state index contributed by atoms with van der Waals surface area (Å²) in [5, 5.41) is 10.5. The Kier molecular flexibility index (Phi) is 4.76. The van der Waals surface area contributed by atoms with Crippen molar-refractivity contribution in [1.29, 1.82) is 0 Å². The van der Waals surface area contributed by atoms with E-state index < -0.39 is 0 Å². The third kappa shape index (κ3) is 3.31. The summed E-state index contributed by atoms with van der Waals surface area (Å²) >= 11 is 1.76. The van der Waals surface area contributed by atoms with Crippen LogP contribution in [0.3, 0.4) is 0 Å². The van der Waals surface area contributed by atoms with Crippen molar-refractivity contribution < 1.29 is 0 Å². The van der Waals surface area contributed by atoms with Crippen molar-refractivity contribution in [2.45, 2.75) is 46.1 Å². The van der Waals surface area contributed by atoms with E-state index in [0.29, 0.717) is 11.5 Å². The molecule has 1 aromatic heterocycles. The molecule has 18 heavy (non-hydrogen) atoms. The second kappa shape index (κ2) is 6.13. The van der Waals surface area contributed by atoms with Crippen molar-refractivity contribution in [3.63, 3.8) is 0 Å². The van der Waals surface area contributed by atoms with Crippen molar-refractivity contribution in [2.75, 3.05) is 19.6 Å². The fourth-order valence-electron chi connectivity index (χ4n) is 2.81. The highest BCUT2D eigenvalue weighted by atomic mass is 32.1. The van der Waals surface area contributed by atoms with Gasteiger partial charge in [-0.15, -0.1) is 11.3 Å². The molecule has 0 bridgehead atoms. The van der Waals surface area contributed by atoms with E-state index in [0.717, 1.165) is 18.8 Å². The minimum Gasteiger partial charge on any atom is -0.316 e. The fraction of sp³-hybridized carbons (Fsp3) is 0.786. The molecule has 2 heterocycles. The lowest BCUT2D eigenvalue weighted by Crippen LogP contribution is -2.37. The third-order valence-corrected chi connectivity index (χ3v) is 5.05. The van der Waals surface area contributed by atoms with Gasteiger partial charge in [0.1, 0.15) is 5.01 Å². The van der Waals surface area contributed by atoms with Gasteiger partial charge in [-0.1, -0.05) is 13.3 Å². The molecule has 1 fully saturated rings. The summed E-state index contributed by atoms with van der Waals surface area (Å²) in [4.78, 5) is 4.56. The molecule has 102 valence electrons. The Morgan fingerprint density at radius 3 is 3.00 bits per heavy atom. The molecule has 0 amide bonds. The second-order valence-corrected chi connectivity index (χ2v) is 6.50. The van der Waals surface area contributed by atoms with Crippen molar-refractivity contribution in [3.05, 3.63) is 16.1 Å². The van der Waals surface area contributed by atoms with Crippen LogP contribution in [0.15, 0.2) is 5.38 Å². The van der Waals surface area contributed by atoms with Gasteiger partial charge in [-0.25, -0.2) is 4.98 Å². The van der Waals surface area contributed by atoms with E-state index in [1.165, 1.54) is 30.8 Å². The molecule has 1 aliphatic heterocycles. The number of hydrogen-bond acceptors (Lipinski definition) is 4. The molecule has 2 rings (SSSR count). The summed E-state index contributed by atoms with van der Waals surface area (Å²) in [6.45, 7) is 10.0. The van der Waals surface area contributed by atoms with E-state index >= 15 is 0 Å². The molecule has 1 aromatic rings. The molecule has 2 unspecified atom stereocenters. The zero-order chi connectivity index (χ0) is 13.0. The van der Waals surface area contributed by atoms with Gasteiger partial charge in [-0.05, 0) is 38.6 Å². The topological polar surface area (TPSA) is 37.0 Å². The van der Waals surface area contributed by atoms with E-state index in [2.05, 4.69) is 41.8 Å². The van der Waals surface area contributed by atoms with Crippen LogP contribution in [0.25, 0.3) is 0 Å². The standard InChI is InChI=1S/C14H25N3S/c1-4-5-14(6-7-15-9-14)10-16-12(3)13-17-11(2)8-18-13/h8,12,15-16H,4-7,9-10H2,1-3H3. The summed E-state index contributed by atoms with van der Waals surface area (Å²) in [5.74, 6) is 0. The van der Waals surface area contributed by atoms with Gasteiger partial charge in [0.05, 0.1) is 6.04 Å². The van der Waals surface area contributed by atoms with Crippen molar-refractivity contribution >= 4 is 11.3 Å². The first-order valence-electron chi connectivity index (χ1n) is 7.01. The van der Waals surface area contributed by atoms with Gasteiger partial charge in [0.2, 0.25) is 0 Å². The lowest BCUT2D eigenvalue weighted by Gasteiger charge is -2.29. The smallest absolute Gasteiger partial charge is 0.110 e. The Balaban J connectivity index is 1.89. The van der Waals surface area contributed by atoms with Crippen LogP contribution in [0.2, 0.25) is 0 Å². The van der Waals surface area contributed by atoms with E-state index in [1.54, 1.807) is 11.3 Å². The van der Waals surface area contributed by atoms with Crippen LogP contribution in [-0.2, 0) is 0 Å². The minimum absolute atomic E-state index is 0.373. The van der Waals surface area contributed by atoms with Crippen LogP contribution in [-0.4, -0.2) is 24.6 Å². The van der Waals surface area contributed by atoms with Gasteiger partial charge in [0.15, 0.2) is 0 Å². The predicted molar refractivity (Wildman–Crippen MR) is 78.1 cm³/mol. The number of aryl methyl sites for hydroxylation is 1. The monoisotopic (exact) mass is 267 g/mol. The maximum Gasteiger partial charge on any atom is 0.110 e. The predicted octanol–water partition coefficient (Wildman–Crippen LogP) is 2.88. The maximum atomic E-state index is 4.56. The molecule has 0 spiro atoms. The molecular formula is C14H25N3S. The average molecular weight is 267 g/mol. The molecule has 4 heteroatoms. The number of hydrogen-bond donors (Lipinski definition) is 2. The minimum atomic E-state index is 0.373. The first-order chi connectivity index (χ1) is 8.65. The molecule has 0 aromatic carbocycles. The van der Waals surface area contributed by atoms with Crippen LogP contribution in [0.1, 0.15) is 49.9 Å². The van der Waals surface area contributed by atoms with Crippen LogP contribution in [0, 0.1) is 12.3 Å². The van der Waals surface area contributed by atoms with Gasteiger partial charge in [0, 0.05) is 24.2 Å². The zero-order valence-corrected chi connectivity index (χ0v) is 12.6. The van der Waals surface area contributed by atoms with Crippen LogP contribution >= 0.6 is 11.3 Å². The molecular weight excluding hydrogens is 242 g/mol. The van der Waals surface area contributed by atoms with Crippen molar-refractivity contribution in [1.82, 2.24) is 15.6 Å². The summed E-state index contributed by atoms with van der Waals surface area (Å²) in [7, 11) is 0. The summed E-state index contributed by atoms with van der Waals surface area (Å²) in [6, 6.07) is 0.373. The Hall–Kier alpha value is -0.450. The summed E-state index contributed by atoms with van der Waals surface area (Å²) < 4.78 is 0. The SMILES string of the molecule is CCCC1(CNC(C)c2nc(C)cs2)CCNC1. The van der Waals surface area contributed by atoms with Crippen LogP contribution in [0.4, 0.5) is 0 Å². The molecule has 1 aliphatic rings. The van der Waals surface area contributed by atoms with Gasteiger partial charge >= 0.3 is 0 Å². The number of thiazole rings is 1. The van der Waals surface area contributed by atoms with E-state index in [-0.39, 0.29) is 0 Å². The molecule has 0 aliphatic carbocycles. The molecule has 2 atom stereocenters. The highest BCUT2D eigenvalue weighted by Gasteiger charge is 2.32. The maximum absolute atomic E-state index is 4.56. The second-order valence-electron chi connectivity index (χ2n) is 5.61. The summed E-state index contributed by atoms with van der Waals surface area (Å²) in [6.07, 6.45) is 3.89. The highest BCUT2D eigenvalue weighted by molar-refractivity contribution is 7.09. The van der Waals surface area contributed by atoms with Gasteiger partial charge in [-0.2, -0.15) is 0 Å². The Morgan fingerprint density at radius 1 is 1.61 bits per heavy atom. The average Bonchev–Trinajstić information content (AvgIpc) is 2.97. The molecule has 2 N–H and O–H groups in total. The van der Waals surface area contributed by atoms with E-state index in [9.17, 15) is 0 Å². The van der Waals surface area contributed by atoms with Crippen molar-refractivity contribution in [3.8, 4) is 0 Å². The van der Waals surface area contributed by atoms with Gasteiger partial charge < -0.3 is 10.6 Å². The molecule has 3 nitrogen and oxygen atoms in total. The number of nitrogens with one attached hydrogen (secondary N) is 2. The quantitative estimate of drug-likeness (QED) is 0.832. The largest absolute Gasteiger partial charge is 0.316 e. The molecule has 1 saturated heterocycles. The van der Waals surface area contributed by atoms with Crippen LogP contribution in [0.5, 0.6) is 0 Å². The zero-order valence-electron chi connectivity index (χ0n) is 11.8. The Bertz CT molecular complexity index is 369. The highest BCUT2D eigenvalue weighted by Crippen LogP contribution is 2.31. The summed E-state index contributed by atoms with van der Waals surface area (Å²) in [5.41, 5.74) is 1.60. The number of rotatable bonds is 6. The van der Waals surface area contributed by atoms with Gasteiger partial charge in [-0.3, -0.25) is 0 Å². The van der Waals surface area contributed by atoms with Crippen LogP contribution < -0.4 is 10.6 Å². The number of aromatic nitrogens is 1. The lowest BCUT2D eigenvalue weighted by molar-refractivity contribution is 0.266. The van der Waals surface area contributed by atoms with Crippen molar-refractivity contribution in [2.24, 2.45) is 5.41 Å². The van der Waals surface area contributed by atoms with E-state index in [1.807, 2.05) is 0 Å². The third-order valence-electron chi connectivity index (χ3n) is 3.90. The van der Waals surface area contributed by atoms with E-state index in [4.69, 9.17) is 0 Å². The molecule has 0 saturated carbocycles. The Morgan fingerprint density at radius 2 is 2.44 bits per heavy atom. The van der Waals surface area contributed by atoms with Gasteiger partial charge in [0.25, 0.3) is 0 Å².